The zero-order valence-corrected chi connectivity index (χ0v) is 12.9. The fourth-order valence-electron chi connectivity index (χ4n) is 2.77. The van der Waals surface area contributed by atoms with E-state index < -0.39 is 5.91 Å². The van der Waals surface area contributed by atoms with Gasteiger partial charge in [0.1, 0.15) is 6.54 Å². The van der Waals surface area contributed by atoms with Crippen molar-refractivity contribution in [2.45, 2.75) is 17.7 Å². The first-order chi connectivity index (χ1) is 10.6. The fraction of sp³-hybridized carbons (Fsp3) is 0.400. The maximum Gasteiger partial charge on any atom is 0.253 e. The highest BCUT2D eigenvalue weighted by Crippen LogP contribution is 2.36. The number of primary amides is 1. The van der Waals surface area contributed by atoms with Crippen LogP contribution in [-0.4, -0.2) is 48.0 Å². The van der Waals surface area contributed by atoms with Gasteiger partial charge < -0.3 is 15.5 Å². The smallest absolute Gasteiger partial charge is 0.253 e. The maximum absolute atomic E-state index is 12.5. The molecule has 3 amide bonds. The lowest BCUT2D eigenvalue weighted by atomic mass is 10.1. The molecule has 116 valence electrons. The first kappa shape index (κ1) is 14.9. The zero-order chi connectivity index (χ0) is 15.7. The topological polar surface area (TPSA) is 83.7 Å². The Hall–Kier alpha value is -2.02. The molecule has 2 aliphatic rings. The van der Waals surface area contributed by atoms with Crippen LogP contribution in [-0.2, 0) is 9.59 Å². The van der Waals surface area contributed by atoms with Crippen LogP contribution in [0.2, 0.25) is 0 Å². The van der Waals surface area contributed by atoms with Gasteiger partial charge in [-0.1, -0.05) is 0 Å². The van der Waals surface area contributed by atoms with Crippen molar-refractivity contribution in [1.82, 2.24) is 4.90 Å². The quantitative estimate of drug-likeness (QED) is 0.895. The Kier molecular flexibility index (Phi) is 4.06. The van der Waals surface area contributed by atoms with Crippen molar-refractivity contribution >= 4 is 35.2 Å². The monoisotopic (exact) mass is 319 g/mol. The van der Waals surface area contributed by atoms with E-state index in [1.807, 2.05) is 11.0 Å². The van der Waals surface area contributed by atoms with E-state index in [2.05, 4.69) is 0 Å². The Morgan fingerprint density at radius 2 is 1.95 bits per heavy atom. The summed E-state index contributed by atoms with van der Waals surface area (Å²) in [6.07, 6.45) is 2.05. The molecule has 7 heteroatoms. The van der Waals surface area contributed by atoms with Crippen LogP contribution in [0.5, 0.6) is 0 Å². The van der Waals surface area contributed by atoms with Crippen LogP contribution in [0.1, 0.15) is 23.2 Å². The van der Waals surface area contributed by atoms with E-state index in [1.165, 1.54) is 16.7 Å². The van der Waals surface area contributed by atoms with Gasteiger partial charge in [-0.15, -0.1) is 11.8 Å². The number of thioether (sulfide) groups is 1. The Labute approximate surface area is 132 Å². The summed E-state index contributed by atoms with van der Waals surface area (Å²) in [7, 11) is 0. The summed E-state index contributed by atoms with van der Waals surface area (Å²) in [5.74, 6) is -0.480. The number of benzene rings is 1. The van der Waals surface area contributed by atoms with Crippen LogP contribution in [0.4, 0.5) is 5.69 Å². The summed E-state index contributed by atoms with van der Waals surface area (Å²) in [5, 5.41) is 0. The molecule has 0 atom stereocenters. The minimum absolute atomic E-state index is 0.0256. The second-order valence-electron chi connectivity index (χ2n) is 5.42. The highest BCUT2D eigenvalue weighted by atomic mass is 32.2. The van der Waals surface area contributed by atoms with Crippen molar-refractivity contribution in [3.63, 3.8) is 0 Å². The molecule has 0 aromatic heterocycles. The molecule has 22 heavy (non-hydrogen) atoms. The molecule has 3 rings (SSSR count). The number of anilines is 1. The largest absolute Gasteiger partial charge is 0.368 e. The molecule has 1 aromatic rings. The van der Waals surface area contributed by atoms with Crippen LogP contribution in [0.25, 0.3) is 0 Å². The number of nitrogens with two attached hydrogens (primary N) is 1. The number of amides is 3. The Balaban J connectivity index is 1.93. The van der Waals surface area contributed by atoms with Gasteiger partial charge in [-0.2, -0.15) is 0 Å². The summed E-state index contributed by atoms with van der Waals surface area (Å²) in [4.78, 5) is 39.8. The number of nitrogens with zero attached hydrogens (tertiary/aromatic N) is 2. The van der Waals surface area contributed by atoms with E-state index in [-0.39, 0.29) is 24.1 Å². The molecule has 1 saturated heterocycles. The molecule has 0 saturated carbocycles. The summed E-state index contributed by atoms with van der Waals surface area (Å²) in [6.45, 7) is 1.39. The number of carbonyl (C=O) groups is 3. The van der Waals surface area contributed by atoms with Crippen LogP contribution in [0, 0.1) is 0 Å². The lowest BCUT2D eigenvalue weighted by molar-refractivity contribution is -0.121. The van der Waals surface area contributed by atoms with E-state index in [0.717, 1.165) is 30.8 Å². The Morgan fingerprint density at radius 3 is 2.64 bits per heavy atom. The van der Waals surface area contributed by atoms with Crippen molar-refractivity contribution in [3.05, 3.63) is 23.8 Å². The second-order valence-corrected chi connectivity index (χ2v) is 6.43. The van der Waals surface area contributed by atoms with E-state index in [1.54, 1.807) is 12.1 Å². The van der Waals surface area contributed by atoms with E-state index >= 15 is 0 Å². The van der Waals surface area contributed by atoms with Gasteiger partial charge in [0.2, 0.25) is 11.8 Å². The lowest BCUT2D eigenvalue weighted by Crippen LogP contribution is -2.41. The fourth-order valence-corrected chi connectivity index (χ4v) is 3.68. The third kappa shape index (κ3) is 2.81. The maximum atomic E-state index is 12.5. The molecule has 0 unspecified atom stereocenters. The van der Waals surface area contributed by atoms with E-state index in [0.29, 0.717) is 11.3 Å². The van der Waals surface area contributed by atoms with E-state index in [9.17, 15) is 14.4 Å². The van der Waals surface area contributed by atoms with Gasteiger partial charge in [-0.3, -0.25) is 14.4 Å². The Bertz CT molecular complexity index is 641. The molecule has 0 bridgehead atoms. The Morgan fingerprint density at radius 1 is 1.23 bits per heavy atom. The number of carbonyl (C=O) groups excluding carboxylic acids is 3. The highest BCUT2D eigenvalue weighted by Gasteiger charge is 2.28. The van der Waals surface area contributed by atoms with Crippen molar-refractivity contribution in [1.29, 1.82) is 0 Å². The number of likely N-dealkylation sites (tertiary alicyclic amines) is 1. The molecule has 1 aromatic carbocycles. The summed E-state index contributed by atoms with van der Waals surface area (Å²) >= 11 is 1.41. The van der Waals surface area contributed by atoms with Gasteiger partial charge in [0.25, 0.3) is 5.91 Å². The number of fused-ring (bicyclic) bond motifs is 1. The minimum atomic E-state index is -0.567. The predicted octanol–water partition coefficient (Wildman–Crippen LogP) is 0.847. The van der Waals surface area contributed by atoms with Crippen molar-refractivity contribution in [3.8, 4) is 0 Å². The first-order valence-corrected chi connectivity index (χ1v) is 8.19. The average Bonchev–Trinajstić information content (AvgIpc) is 3.03. The van der Waals surface area contributed by atoms with Gasteiger partial charge in [-0.05, 0) is 31.0 Å². The van der Waals surface area contributed by atoms with Gasteiger partial charge in [-0.25, -0.2) is 0 Å². The highest BCUT2D eigenvalue weighted by molar-refractivity contribution is 8.00. The molecule has 6 nitrogen and oxygen atoms in total. The van der Waals surface area contributed by atoms with Crippen LogP contribution >= 0.6 is 11.8 Å². The molecule has 1 fully saturated rings. The van der Waals surface area contributed by atoms with Crippen LogP contribution in [0.15, 0.2) is 23.1 Å². The number of hydrogen-bond donors (Lipinski definition) is 1. The third-order valence-corrected chi connectivity index (χ3v) is 4.90. The molecule has 2 N–H and O–H groups in total. The molecular weight excluding hydrogens is 302 g/mol. The van der Waals surface area contributed by atoms with Gasteiger partial charge >= 0.3 is 0 Å². The van der Waals surface area contributed by atoms with Crippen molar-refractivity contribution in [2.24, 2.45) is 5.73 Å². The standard InChI is InChI=1S/C15H17N3O3S/c16-13(19)8-18-11-7-10(15(21)17-5-1-2-6-17)3-4-12(11)22-9-14(18)20/h3-4,7H,1-2,5-6,8-9H2,(H2,16,19). The van der Waals surface area contributed by atoms with Crippen molar-refractivity contribution < 1.29 is 14.4 Å². The summed E-state index contributed by atoms with van der Waals surface area (Å²) < 4.78 is 0. The summed E-state index contributed by atoms with van der Waals surface area (Å²) in [5.41, 5.74) is 6.37. The number of rotatable bonds is 3. The van der Waals surface area contributed by atoms with Gasteiger partial charge in [0, 0.05) is 23.5 Å². The predicted molar refractivity (Wildman–Crippen MR) is 83.9 cm³/mol. The molecule has 0 radical (unpaired) electrons. The second kappa shape index (κ2) is 6.00. The normalized spacial score (nSPS) is 17.5. The van der Waals surface area contributed by atoms with Gasteiger partial charge in [0.15, 0.2) is 0 Å². The third-order valence-electron chi connectivity index (χ3n) is 3.86. The molecule has 2 aliphatic heterocycles. The lowest BCUT2D eigenvalue weighted by Gasteiger charge is -2.28. The van der Waals surface area contributed by atoms with Crippen molar-refractivity contribution in [2.75, 3.05) is 30.3 Å². The van der Waals surface area contributed by atoms with Crippen LogP contribution < -0.4 is 10.6 Å². The number of hydrogen-bond acceptors (Lipinski definition) is 4. The molecule has 0 spiro atoms. The molecule has 0 aliphatic carbocycles. The average molecular weight is 319 g/mol. The first-order valence-electron chi connectivity index (χ1n) is 7.21. The minimum Gasteiger partial charge on any atom is -0.368 e. The zero-order valence-electron chi connectivity index (χ0n) is 12.1. The molecular formula is C15H17N3O3S. The van der Waals surface area contributed by atoms with Crippen LogP contribution in [0.3, 0.4) is 0 Å². The SMILES string of the molecule is NC(=O)CN1C(=O)CSc2ccc(C(=O)N3CCCC3)cc21. The van der Waals surface area contributed by atoms with E-state index in [4.69, 9.17) is 5.73 Å². The molecule has 2 heterocycles. The van der Waals surface area contributed by atoms with Gasteiger partial charge in [0.05, 0.1) is 11.4 Å². The summed E-state index contributed by atoms with van der Waals surface area (Å²) in [6, 6.07) is 5.32.